The van der Waals surface area contributed by atoms with Gasteiger partial charge in [-0.05, 0) is 121 Å². The Hall–Kier alpha value is -6.28. The van der Waals surface area contributed by atoms with Crippen LogP contribution in [0.1, 0.15) is 95.0 Å². The van der Waals surface area contributed by atoms with E-state index >= 15 is 0 Å². The molecule has 62 heavy (non-hydrogen) atoms. The number of hydrogen-bond donors (Lipinski definition) is 0. The molecule has 0 radical (unpaired) electrons. The van der Waals surface area contributed by atoms with Gasteiger partial charge in [-0.1, -0.05) is 208 Å². The molecule has 9 aromatic carbocycles. The molecule has 0 fully saturated rings. The molecule has 0 N–H and O–H groups in total. The van der Waals surface area contributed by atoms with E-state index in [0.29, 0.717) is 11.8 Å². The van der Waals surface area contributed by atoms with Crippen LogP contribution >= 0.6 is 11.3 Å². The third-order valence-corrected chi connectivity index (χ3v) is 15.6. The van der Waals surface area contributed by atoms with Gasteiger partial charge in [-0.25, -0.2) is 0 Å². The second kappa shape index (κ2) is 15.6. The molecule has 3 unspecified atom stereocenters. The molecule has 11 rings (SSSR count). The first-order chi connectivity index (χ1) is 30.3. The van der Waals surface area contributed by atoms with Crippen molar-refractivity contribution in [2.45, 2.75) is 70.1 Å². The molecule has 0 saturated carbocycles. The number of fused-ring (bicyclic) bond motifs is 9. The smallest absolute Gasteiger partial charge is 0.0390 e. The summed E-state index contributed by atoms with van der Waals surface area (Å²) in [6, 6.07) is 71.4. The van der Waals surface area contributed by atoms with Gasteiger partial charge in [0.05, 0.1) is 0 Å². The van der Waals surface area contributed by atoms with Crippen LogP contribution in [0.25, 0.3) is 52.8 Å². The van der Waals surface area contributed by atoms with Crippen LogP contribution in [0.2, 0.25) is 0 Å². The summed E-state index contributed by atoms with van der Waals surface area (Å²) >= 11 is 1.96. The molecule has 0 aliphatic heterocycles. The fourth-order valence-corrected chi connectivity index (χ4v) is 12.4. The first kappa shape index (κ1) is 38.6. The van der Waals surface area contributed by atoms with Gasteiger partial charge in [0.25, 0.3) is 0 Å². The number of benzene rings is 9. The van der Waals surface area contributed by atoms with Crippen molar-refractivity contribution in [3.8, 4) is 11.1 Å². The van der Waals surface area contributed by atoms with Crippen molar-refractivity contribution >= 4 is 53.1 Å². The third-order valence-electron chi connectivity index (χ3n) is 14.4. The van der Waals surface area contributed by atoms with E-state index in [2.05, 4.69) is 216 Å². The van der Waals surface area contributed by atoms with Crippen LogP contribution < -0.4 is 0 Å². The summed E-state index contributed by atoms with van der Waals surface area (Å²) in [7, 11) is 0. The second-order valence-corrected chi connectivity index (χ2v) is 19.5. The van der Waals surface area contributed by atoms with Crippen molar-refractivity contribution in [2.24, 2.45) is 0 Å². The fraction of sp³-hybridized carbons (Fsp3) is 0.180. The SMILES string of the molecule is Cc1cccc(C(CCc2cc3c(c4ccccc24)-c2ccc(C(C)C(Cc4ccccc4)c4cccc5c4sc4ccccc45)cc2C3(C)C)c2cccc3ccccc23)c1. The minimum Gasteiger partial charge on any atom is -0.135 e. The Kier molecular flexibility index (Phi) is 9.70. The summed E-state index contributed by atoms with van der Waals surface area (Å²) in [4.78, 5) is 0. The van der Waals surface area contributed by atoms with Crippen LogP contribution in [-0.4, -0.2) is 0 Å². The molecular weight excluding hydrogens is 765 g/mol. The highest BCUT2D eigenvalue weighted by Crippen LogP contribution is 2.54. The average molecular weight is 817 g/mol. The molecule has 1 heteroatoms. The lowest BCUT2D eigenvalue weighted by Crippen LogP contribution is -2.17. The lowest BCUT2D eigenvalue weighted by atomic mass is 9.76. The summed E-state index contributed by atoms with van der Waals surface area (Å²) in [5.41, 5.74) is 15.4. The van der Waals surface area contributed by atoms with E-state index in [4.69, 9.17) is 0 Å². The zero-order valence-corrected chi connectivity index (χ0v) is 37.0. The molecule has 1 aliphatic carbocycles. The van der Waals surface area contributed by atoms with Gasteiger partial charge in [0.2, 0.25) is 0 Å². The molecule has 0 nitrogen and oxygen atoms in total. The van der Waals surface area contributed by atoms with Crippen molar-refractivity contribution < 1.29 is 0 Å². The zero-order chi connectivity index (χ0) is 42.0. The number of hydrogen-bond acceptors (Lipinski definition) is 1. The standard InChI is InChI=1S/C61H52S/c1-39-17-14-22-44(35-39)48(49-27-15-21-42-20-8-9-23-46(42)49)33-32-45-38-57-59(51-26-11-10-24-47(45)51)54-34-31-43(37-56(54)61(57,3)4)40(2)55(36-41-18-6-5-7-19-41)53-29-16-28-52-50-25-12-13-30-58(50)62-60(52)53/h5-31,34-35,37-38,40,48,55H,32-33,36H2,1-4H3. The molecule has 0 saturated heterocycles. The van der Waals surface area contributed by atoms with Gasteiger partial charge in [0.15, 0.2) is 0 Å². The van der Waals surface area contributed by atoms with Crippen LogP contribution in [0, 0.1) is 6.92 Å². The van der Waals surface area contributed by atoms with Gasteiger partial charge in [-0.2, -0.15) is 0 Å². The summed E-state index contributed by atoms with van der Waals surface area (Å²) in [5, 5.41) is 8.17. The van der Waals surface area contributed by atoms with Crippen molar-refractivity contribution in [1.29, 1.82) is 0 Å². The van der Waals surface area contributed by atoms with Gasteiger partial charge < -0.3 is 0 Å². The molecule has 302 valence electrons. The summed E-state index contributed by atoms with van der Waals surface area (Å²) < 4.78 is 2.79. The Morgan fingerprint density at radius 3 is 2.05 bits per heavy atom. The maximum atomic E-state index is 2.59. The van der Waals surface area contributed by atoms with Crippen LogP contribution in [0.5, 0.6) is 0 Å². The minimum atomic E-state index is -0.148. The normalized spacial score (nSPS) is 14.6. The molecular formula is C61H52S. The first-order valence-electron chi connectivity index (χ1n) is 22.5. The molecule has 10 aromatic rings. The topological polar surface area (TPSA) is 0 Å². The Labute approximate surface area is 370 Å². The molecule has 1 heterocycles. The Bertz CT molecular complexity index is 3290. The second-order valence-electron chi connectivity index (χ2n) is 18.4. The molecule has 1 aliphatic rings. The molecule has 1 aromatic heterocycles. The molecule has 0 amide bonds. The quantitative estimate of drug-likeness (QED) is 0.129. The van der Waals surface area contributed by atoms with Crippen molar-refractivity contribution in [3.63, 3.8) is 0 Å². The number of rotatable bonds is 10. The van der Waals surface area contributed by atoms with E-state index in [1.165, 1.54) is 103 Å². The van der Waals surface area contributed by atoms with Gasteiger partial charge >= 0.3 is 0 Å². The van der Waals surface area contributed by atoms with E-state index in [1.54, 1.807) is 0 Å². The summed E-state index contributed by atoms with van der Waals surface area (Å²) in [6.07, 6.45) is 3.02. The number of aryl methyl sites for hydroxylation is 2. The fourth-order valence-electron chi connectivity index (χ4n) is 11.1. The van der Waals surface area contributed by atoms with Gasteiger partial charge in [-0.15, -0.1) is 11.3 Å². The molecule has 0 spiro atoms. The first-order valence-corrected chi connectivity index (χ1v) is 23.3. The predicted molar refractivity (Wildman–Crippen MR) is 267 cm³/mol. The van der Waals surface area contributed by atoms with Crippen molar-refractivity contribution in [3.05, 3.63) is 238 Å². The van der Waals surface area contributed by atoms with E-state index in [9.17, 15) is 0 Å². The maximum Gasteiger partial charge on any atom is 0.0390 e. The van der Waals surface area contributed by atoms with E-state index in [0.717, 1.165) is 19.3 Å². The van der Waals surface area contributed by atoms with Gasteiger partial charge in [0, 0.05) is 31.5 Å². The monoisotopic (exact) mass is 816 g/mol. The van der Waals surface area contributed by atoms with E-state index in [1.807, 2.05) is 11.3 Å². The van der Waals surface area contributed by atoms with E-state index in [-0.39, 0.29) is 11.3 Å². The Morgan fingerprint density at radius 1 is 0.532 bits per heavy atom. The zero-order valence-electron chi connectivity index (χ0n) is 36.2. The lowest BCUT2D eigenvalue weighted by Gasteiger charge is -2.28. The van der Waals surface area contributed by atoms with E-state index < -0.39 is 0 Å². The van der Waals surface area contributed by atoms with Crippen LogP contribution in [0.15, 0.2) is 188 Å². The van der Waals surface area contributed by atoms with Crippen LogP contribution in [0.4, 0.5) is 0 Å². The Balaban J connectivity index is 0.987. The lowest BCUT2D eigenvalue weighted by molar-refractivity contribution is 0.573. The van der Waals surface area contributed by atoms with Crippen molar-refractivity contribution in [1.82, 2.24) is 0 Å². The summed E-state index contributed by atoms with van der Waals surface area (Å²) in [6.45, 7) is 9.63. The van der Waals surface area contributed by atoms with Crippen LogP contribution in [-0.2, 0) is 18.3 Å². The van der Waals surface area contributed by atoms with Crippen molar-refractivity contribution in [2.75, 3.05) is 0 Å². The number of thiophene rings is 1. The highest BCUT2D eigenvalue weighted by Gasteiger charge is 2.38. The minimum absolute atomic E-state index is 0.148. The maximum absolute atomic E-state index is 2.59. The Morgan fingerprint density at radius 2 is 1.21 bits per heavy atom. The summed E-state index contributed by atoms with van der Waals surface area (Å²) in [5.74, 6) is 0.898. The average Bonchev–Trinajstić information content (AvgIpc) is 3.80. The third kappa shape index (κ3) is 6.57. The highest BCUT2D eigenvalue weighted by molar-refractivity contribution is 7.26. The van der Waals surface area contributed by atoms with Gasteiger partial charge in [-0.3, -0.25) is 0 Å². The molecule has 3 atom stereocenters. The van der Waals surface area contributed by atoms with Crippen LogP contribution in [0.3, 0.4) is 0 Å². The largest absolute Gasteiger partial charge is 0.135 e. The predicted octanol–water partition coefficient (Wildman–Crippen LogP) is 16.9. The highest BCUT2D eigenvalue weighted by atomic mass is 32.1. The van der Waals surface area contributed by atoms with Gasteiger partial charge in [0.1, 0.15) is 0 Å². The molecule has 0 bridgehead atoms.